The number of nitrogens with one attached hydrogen (secondary N) is 4. The molecule has 2 aromatic rings. The van der Waals surface area contributed by atoms with Crippen molar-refractivity contribution >= 4 is 46.4 Å². The third-order valence-electron chi connectivity index (χ3n) is 3.39. The van der Waals surface area contributed by atoms with Crippen LogP contribution < -0.4 is 21.5 Å². The summed E-state index contributed by atoms with van der Waals surface area (Å²) in [5.74, 6) is -0.521. The van der Waals surface area contributed by atoms with Gasteiger partial charge in [0.1, 0.15) is 0 Å². The predicted molar refractivity (Wildman–Crippen MR) is 107 cm³/mol. The molecule has 6 nitrogen and oxygen atoms in total. The van der Waals surface area contributed by atoms with Crippen LogP contribution in [0.25, 0.3) is 0 Å². The lowest BCUT2D eigenvalue weighted by molar-refractivity contribution is -0.123. The molecule has 0 saturated carbocycles. The van der Waals surface area contributed by atoms with Crippen LogP contribution in [0.3, 0.4) is 0 Å². The minimum absolute atomic E-state index is 0.0696. The Balaban J connectivity index is 1.86. The van der Waals surface area contributed by atoms with Crippen molar-refractivity contribution in [1.82, 2.24) is 16.2 Å². The molecule has 0 aliphatic carbocycles. The van der Waals surface area contributed by atoms with Gasteiger partial charge in [-0.2, -0.15) is 0 Å². The van der Waals surface area contributed by atoms with Crippen LogP contribution in [0.2, 0.25) is 5.02 Å². The summed E-state index contributed by atoms with van der Waals surface area (Å²) in [6, 6.07) is 15.8. The van der Waals surface area contributed by atoms with Gasteiger partial charge in [0.2, 0.25) is 11.8 Å². The summed E-state index contributed by atoms with van der Waals surface area (Å²) < 4.78 is 0. The van der Waals surface area contributed by atoms with Crippen molar-refractivity contribution in [2.75, 3.05) is 5.32 Å². The largest absolute Gasteiger partial charge is 0.349 e. The smallest absolute Gasteiger partial charge is 0.240 e. The van der Waals surface area contributed by atoms with Gasteiger partial charge in [-0.3, -0.25) is 20.4 Å². The zero-order chi connectivity index (χ0) is 18.9. The molecule has 8 heteroatoms. The Hall–Kier alpha value is -2.64. The van der Waals surface area contributed by atoms with Gasteiger partial charge >= 0.3 is 0 Å². The van der Waals surface area contributed by atoms with Gasteiger partial charge in [-0.1, -0.05) is 41.9 Å². The first-order chi connectivity index (χ1) is 12.4. The quantitative estimate of drug-likeness (QED) is 0.466. The van der Waals surface area contributed by atoms with Gasteiger partial charge in [-0.05, 0) is 42.0 Å². The van der Waals surface area contributed by atoms with Crippen LogP contribution in [-0.4, -0.2) is 16.9 Å². The van der Waals surface area contributed by atoms with Gasteiger partial charge in [0.05, 0.1) is 12.5 Å². The van der Waals surface area contributed by atoms with Crippen molar-refractivity contribution in [3.63, 3.8) is 0 Å². The fraction of sp³-hybridized carbons (Fsp3) is 0.167. The number of thiocarbonyl (C=S) groups is 1. The molecule has 0 spiro atoms. The lowest BCUT2D eigenvalue weighted by atomic mass is 10.0. The summed E-state index contributed by atoms with van der Waals surface area (Å²) >= 11 is 10.9. The third-order valence-corrected chi connectivity index (χ3v) is 3.84. The highest BCUT2D eigenvalue weighted by Crippen LogP contribution is 2.16. The van der Waals surface area contributed by atoms with Crippen molar-refractivity contribution in [1.29, 1.82) is 0 Å². The van der Waals surface area contributed by atoms with E-state index in [0.717, 1.165) is 11.3 Å². The number of carbonyl (C=O) groups is 2. The highest BCUT2D eigenvalue weighted by atomic mass is 35.5. The van der Waals surface area contributed by atoms with Gasteiger partial charge in [0, 0.05) is 17.6 Å². The lowest BCUT2D eigenvalue weighted by Crippen LogP contribution is -2.45. The normalized spacial score (nSPS) is 11.2. The van der Waals surface area contributed by atoms with E-state index in [1.54, 1.807) is 24.3 Å². The second-order valence-electron chi connectivity index (χ2n) is 5.50. The molecule has 2 amide bonds. The molecule has 0 radical (unpaired) electrons. The van der Waals surface area contributed by atoms with E-state index in [1.807, 2.05) is 30.3 Å². The Labute approximate surface area is 162 Å². The van der Waals surface area contributed by atoms with Crippen molar-refractivity contribution in [2.45, 2.75) is 19.4 Å². The highest BCUT2D eigenvalue weighted by Gasteiger charge is 2.17. The molecule has 0 aliphatic rings. The molecule has 0 aliphatic heterocycles. The zero-order valence-corrected chi connectivity index (χ0v) is 15.7. The Morgan fingerprint density at radius 3 is 2.31 bits per heavy atom. The average Bonchev–Trinajstić information content (AvgIpc) is 2.62. The molecule has 0 unspecified atom stereocenters. The number of carbonyl (C=O) groups excluding carboxylic acids is 2. The molecular formula is C18H19ClN4O2S. The number of halogens is 1. The van der Waals surface area contributed by atoms with E-state index < -0.39 is 6.04 Å². The Bertz CT molecular complexity index is 769. The van der Waals surface area contributed by atoms with Crippen LogP contribution in [0.4, 0.5) is 5.69 Å². The number of amides is 2. The van der Waals surface area contributed by atoms with Crippen molar-refractivity contribution in [3.05, 3.63) is 65.2 Å². The van der Waals surface area contributed by atoms with Gasteiger partial charge in [-0.25, -0.2) is 0 Å². The van der Waals surface area contributed by atoms with E-state index in [0.29, 0.717) is 5.02 Å². The first-order valence-corrected chi connectivity index (χ1v) is 8.66. The highest BCUT2D eigenvalue weighted by molar-refractivity contribution is 7.80. The summed E-state index contributed by atoms with van der Waals surface area (Å²) in [5, 5.41) is 6.54. The van der Waals surface area contributed by atoms with Gasteiger partial charge < -0.3 is 10.6 Å². The second-order valence-corrected chi connectivity index (χ2v) is 6.35. The Morgan fingerprint density at radius 1 is 1.04 bits per heavy atom. The fourth-order valence-electron chi connectivity index (χ4n) is 2.24. The van der Waals surface area contributed by atoms with Crippen molar-refractivity contribution < 1.29 is 9.59 Å². The van der Waals surface area contributed by atoms with Crippen LogP contribution in [0.5, 0.6) is 0 Å². The SMILES string of the molecule is CC(=O)N[C@H](CC(=O)NNC(=S)Nc1ccc(Cl)cc1)c1ccccc1. The molecule has 0 aromatic heterocycles. The minimum Gasteiger partial charge on any atom is -0.349 e. The maximum absolute atomic E-state index is 12.2. The molecule has 0 saturated heterocycles. The van der Waals surface area contributed by atoms with E-state index >= 15 is 0 Å². The third kappa shape index (κ3) is 6.70. The molecule has 0 fully saturated rings. The molecule has 4 N–H and O–H groups in total. The molecular weight excluding hydrogens is 372 g/mol. The maximum atomic E-state index is 12.2. The van der Waals surface area contributed by atoms with Crippen LogP contribution in [-0.2, 0) is 9.59 Å². The number of hydrazine groups is 1. The molecule has 1 atom stereocenters. The van der Waals surface area contributed by atoms with Crippen LogP contribution in [0, 0.1) is 0 Å². The first kappa shape index (κ1) is 19.7. The molecule has 2 aromatic carbocycles. The Morgan fingerprint density at radius 2 is 1.69 bits per heavy atom. The van der Waals surface area contributed by atoms with Crippen molar-refractivity contribution in [2.24, 2.45) is 0 Å². The number of hydrogen-bond acceptors (Lipinski definition) is 3. The number of anilines is 1. The maximum Gasteiger partial charge on any atom is 0.240 e. The van der Waals surface area contributed by atoms with Crippen molar-refractivity contribution in [3.8, 4) is 0 Å². The van der Waals surface area contributed by atoms with Gasteiger partial charge in [-0.15, -0.1) is 0 Å². The topological polar surface area (TPSA) is 82.3 Å². The number of benzene rings is 2. The standard InChI is InChI=1S/C18H19ClN4O2S/c1-12(24)20-16(13-5-3-2-4-6-13)11-17(25)22-23-18(26)21-15-9-7-14(19)8-10-15/h2-10,16H,11H2,1H3,(H,20,24)(H,22,25)(H2,21,23,26)/t16-/m1/s1. The van der Waals surface area contributed by atoms with E-state index in [2.05, 4.69) is 21.5 Å². The number of hydrogen-bond donors (Lipinski definition) is 4. The second kappa shape index (κ2) is 9.74. The summed E-state index contributed by atoms with van der Waals surface area (Å²) in [4.78, 5) is 23.6. The van der Waals surface area contributed by atoms with E-state index in [-0.39, 0.29) is 23.3 Å². The average molecular weight is 391 g/mol. The molecule has 0 heterocycles. The minimum atomic E-state index is -0.423. The van der Waals surface area contributed by atoms with Crippen LogP contribution in [0.15, 0.2) is 54.6 Å². The zero-order valence-electron chi connectivity index (χ0n) is 14.1. The monoisotopic (exact) mass is 390 g/mol. The van der Waals surface area contributed by atoms with Crippen LogP contribution >= 0.6 is 23.8 Å². The van der Waals surface area contributed by atoms with Gasteiger partial charge in [0.15, 0.2) is 5.11 Å². The molecule has 2 rings (SSSR count). The summed E-state index contributed by atoms with van der Waals surface area (Å²) in [5.41, 5.74) is 6.73. The molecule has 26 heavy (non-hydrogen) atoms. The summed E-state index contributed by atoms with van der Waals surface area (Å²) in [6.45, 7) is 1.41. The summed E-state index contributed by atoms with van der Waals surface area (Å²) in [6.07, 6.45) is 0.0696. The van der Waals surface area contributed by atoms with E-state index in [9.17, 15) is 9.59 Å². The van der Waals surface area contributed by atoms with E-state index in [1.165, 1.54) is 6.92 Å². The van der Waals surface area contributed by atoms with Gasteiger partial charge in [0.25, 0.3) is 0 Å². The number of rotatable bonds is 5. The predicted octanol–water partition coefficient (Wildman–Crippen LogP) is 2.93. The molecule has 136 valence electrons. The van der Waals surface area contributed by atoms with Crippen LogP contribution in [0.1, 0.15) is 24.9 Å². The summed E-state index contributed by atoms with van der Waals surface area (Å²) in [7, 11) is 0. The fourth-order valence-corrected chi connectivity index (χ4v) is 2.54. The first-order valence-electron chi connectivity index (χ1n) is 7.87. The lowest BCUT2D eigenvalue weighted by Gasteiger charge is -2.18. The molecule has 0 bridgehead atoms. The van der Waals surface area contributed by atoms with E-state index in [4.69, 9.17) is 23.8 Å². The Kier molecular flexibility index (Phi) is 7.37.